The number of aryl methyl sites for hydroxylation is 1. The molecular weight excluding hydrogens is 296 g/mol. The average Bonchev–Trinajstić information content (AvgIpc) is 3.08. The number of anilines is 1. The molecule has 1 aromatic rings. The van der Waals surface area contributed by atoms with Gasteiger partial charge in [-0.1, -0.05) is 0 Å². The Morgan fingerprint density at radius 2 is 2.18 bits per heavy atom. The molecule has 22 heavy (non-hydrogen) atoms. The fraction of sp³-hybridized carbons (Fsp3) is 0.750. The molecule has 5 nitrogen and oxygen atoms in total. The fourth-order valence-corrected chi connectivity index (χ4v) is 4.35. The van der Waals surface area contributed by atoms with Crippen molar-refractivity contribution in [1.29, 1.82) is 0 Å². The molecule has 3 heterocycles. The zero-order chi connectivity index (χ0) is 15.5. The number of thiazole rings is 1. The van der Waals surface area contributed by atoms with Crippen LogP contribution in [-0.4, -0.2) is 66.0 Å². The normalized spacial score (nSPS) is 23.5. The third kappa shape index (κ3) is 3.60. The predicted molar refractivity (Wildman–Crippen MR) is 90.5 cm³/mol. The van der Waals surface area contributed by atoms with Gasteiger partial charge in [0.2, 0.25) is 5.91 Å². The van der Waals surface area contributed by atoms with Gasteiger partial charge in [0, 0.05) is 50.6 Å². The lowest BCUT2D eigenvalue weighted by atomic mass is 10.2. The molecule has 0 bridgehead atoms. The van der Waals surface area contributed by atoms with Crippen LogP contribution in [0.3, 0.4) is 0 Å². The second-order valence-corrected chi connectivity index (χ2v) is 7.29. The van der Waals surface area contributed by atoms with Gasteiger partial charge in [0.05, 0.1) is 5.69 Å². The van der Waals surface area contributed by atoms with Gasteiger partial charge in [-0.3, -0.25) is 9.69 Å². The molecule has 3 rings (SSSR count). The topological polar surface area (TPSA) is 39.7 Å². The van der Waals surface area contributed by atoms with Crippen LogP contribution in [-0.2, 0) is 4.79 Å². The molecule has 0 radical (unpaired) electrons. The molecule has 0 saturated carbocycles. The van der Waals surface area contributed by atoms with Crippen molar-refractivity contribution in [2.75, 3.05) is 44.2 Å². The summed E-state index contributed by atoms with van der Waals surface area (Å²) in [6.45, 7) is 10.6. The first-order chi connectivity index (χ1) is 10.6. The lowest BCUT2D eigenvalue weighted by Crippen LogP contribution is -2.52. The van der Waals surface area contributed by atoms with Gasteiger partial charge in [0.15, 0.2) is 5.13 Å². The first kappa shape index (κ1) is 15.7. The van der Waals surface area contributed by atoms with E-state index in [-0.39, 0.29) is 0 Å². The molecule has 2 aliphatic rings. The largest absolute Gasteiger partial charge is 0.343 e. The molecule has 0 aliphatic carbocycles. The van der Waals surface area contributed by atoms with Crippen molar-refractivity contribution < 1.29 is 4.79 Å². The molecule has 6 heteroatoms. The third-order valence-corrected chi connectivity index (χ3v) is 5.63. The second kappa shape index (κ2) is 6.96. The van der Waals surface area contributed by atoms with Crippen LogP contribution >= 0.6 is 11.3 Å². The van der Waals surface area contributed by atoms with Crippen LogP contribution in [0.4, 0.5) is 5.13 Å². The molecule has 0 spiro atoms. The van der Waals surface area contributed by atoms with E-state index in [1.54, 1.807) is 11.3 Å². The maximum Gasteiger partial charge on any atom is 0.222 e. The summed E-state index contributed by atoms with van der Waals surface area (Å²) < 4.78 is 0. The maximum atomic E-state index is 11.6. The molecule has 0 aromatic carbocycles. The quantitative estimate of drug-likeness (QED) is 0.831. The summed E-state index contributed by atoms with van der Waals surface area (Å²) in [6.07, 6.45) is 2.89. The Balaban J connectivity index is 1.43. The molecular formula is C16H26N4OS. The number of rotatable bonds is 5. The minimum Gasteiger partial charge on any atom is -0.343 e. The van der Waals surface area contributed by atoms with E-state index >= 15 is 0 Å². The molecule has 1 atom stereocenters. The number of hydrogen-bond acceptors (Lipinski definition) is 5. The van der Waals surface area contributed by atoms with Gasteiger partial charge in [-0.2, -0.15) is 0 Å². The Labute approximate surface area is 136 Å². The minimum atomic E-state index is 0.345. The highest BCUT2D eigenvalue weighted by molar-refractivity contribution is 7.13. The van der Waals surface area contributed by atoms with Crippen molar-refractivity contribution in [3.05, 3.63) is 11.1 Å². The van der Waals surface area contributed by atoms with E-state index in [9.17, 15) is 4.79 Å². The molecule has 1 amide bonds. The summed E-state index contributed by atoms with van der Waals surface area (Å²) in [7, 11) is 0. The van der Waals surface area contributed by atoms with E-state index in [0.717, 1.165) is 69.4 Å². The van der Waals surface area contributed by atoms with E-state index in [2.05, 4.69) is 34.0 Å². The zero-order valence-corrected chi connectivity index (χ0v) is 14.4. The van der Waals surface area contributed by atoms with Gasteiger partial charge in [-0.15, -0.1) is 11.3 Å². The van der Waals surface area contributed by atoms with Crippen LogP contribution < -0.4 is 4.90 Å². The number of carbonyl (C=O) groups excluding carboxylic acids is 1. The Hall–Kier alpha value is -1.14. The third-order valence-electron chi connectivity index (χ3n) is 4.64. The number of amides is 1. The van der Waals surface area contributed by atoms with Crippen LogP contribution in [0.5, 0.6) is 0 Å². The maximum absolute atomic E-state index is 11.6. The zero-order valence-electron chi connectivity index (χ0n) is 13.6. The standard InChI is InChI=1S/C16H26N4OS/c1-13-12-22-16(17-13)20-10-9-18(11-14(20)2)6-4-8-19-7-3-5-15(19)21/h12,14H,3-11H2,1-2H3/t14-/m0/s1. The second-order valence-electron chi connectivity index (χ2n) is 6.45. The van der Waals surface area contributed by atoms with Gasteiger partial charge >= 0.3 is 0 Å². The number of hydrogen-bond donors (Lipinski definition) is 0. The van der Waals surface area contributed by atoms with Crippen molar-refractivity contribution in [2.45, 2.75) is 39.2 Å². The van der Waals surface area contributed by atoms with Gasteiger partial charge in [-0.05, 0) is 33.2 Å². The molecule has 2 fully saturated rings. The first-order valence-corrected chi connectivity index (χ1v) is 9.20. The van der Waals surface area contributed by atoms with Gasteiger partial charge in [0.25, 0.3) is 0 Å². The Morgan fingerprint density at radius 1 is 1.32 bits per heavy atom. The average molecular weight is 322 g/mol. The first-order valence-electron chi connectivity index (χ1n) is 8.32. The fourth-order valence-electron chi connectivity index (χ4n) is 3.42. The minimum absolute atomic E-state index is 0.345. The van der Waals surface area contributed by atoms with Crippen molar-refractivity contribution in [3.63, 3.8) is 0 Å². The molecule has 1 aromatic heterocycles. The van der Waals surface area contributed by atoms with Crippen molar-refractivity contribution in [2.24, 2.45) is 0 Å². The summed E-state index contributed by atoms with van der Waals surface area (Å²) in [4.78, 5) is 23.2. The number of nitrogens with zero attached hydrogens (tertiary/aromatic N) is 4. The number of piperazine rings is 1. The van der Waals surface area contributed by atoms with E-state index in [1.165, 1.54) is 0 Å². The molecule has 2 saturated heterocycles. The van der Waals surface area contributed by atoms with Gasteiger partial charge < -0.3 is 9.80 Å². The van der Waals surface area contributed by atoms with Crippen molar-refractivity contribution in [1.82, 2.24) is 14.8 Å². The monoisotopic (exact) mass is 322 g/mol. The van der Waals surface area contributed by atoms with Crippen molar-refractivity contribution >= 4 is 22.4 Å². The number of aromatic nitrogens is 1. The van der Waals surface area contributed by atoms with Crippen LogP contribution in [0.1, 0.15) is 31.9 Å². The summed E-state index contributed by atoms with van der Waals surface area (Å²) in [6, 6.07) is 0.507. The summed E-state index contributed by atoms with van der Waals surface area (Å²) in [5.41, 5.74) is 1.12. The summed E-state index contributed by atoms with van der Waals surface area (Å²) in [5, 5.41) is 3.29. The molecule has 2 aliphatic heterocycles. The predicted octanol–water partition coefficient (Wildman–Crippen LogP) is 1.97. The molecule has 0 N–H and O–H groups in total. The van der Waals surface area contributed by atoms with E-state index in [4.69, 9.17) is 0 Å². The molecule has 122 valence electrons. The Morgan fingerprint density at radius 3 is 2.82 bits per heavy atom. The SMILES string of the molecule is Cc1csc(N2CCN(CCCN3CCCC3=O)C[C@@H]2C)n1. The molecule has 0 unspecified atom stereocenters. The smallest absolute Gasteiger partial charge is 0.222 e. The highest BCUT2D eigenvalue weighted by Gasteiger charge is 2.26. The number of likely N-dealkylation sites (tertiary alicyclic amines) is 1. The highest BCUT2D eigenvalue weighted by atomic mass is 32.1. The van der Waals surface area contributed by atoms with E-state index in [0.29, 0.717) is 11.9 Å². The lowest BCUT2D eigenvalue weighted by molar-refractivity contribution is -0.127. The van der Waals surface area contributed by atoms with E-state index in [1.807, 2.05) is 4.90 Å². The van der Waals surface area contributed by atoms with Gasteiger partial charge in [-0.25, -0.2) is 4.98 Å². The summed E-state index contributed by atoms with van der Waals surface area (Å²) in [5.74, 6) is 0.345. The van der Waals surface area contributed by atoms with E-state index < -0.39 is 0 Å². The van der Waals surface area contributed by atoms with Gasteiger partial charge in [0.1, 0.15) is 0 Å². The van der Waals surface area contributed by atoms with Crippen LogP contribution in [0.2, 0.25) is 0 Å². The van der Waals surface area contributed by atoms with Crippen LogP contribution in [0.25, 0.3) is 0 Å². The Kier molecular flexibility index (Phi) is 4.98. The number of carbonyl (C=O) groups is 1. The highest BCUT2D eigenvalue weighted by Crippen LogP contribution is 2.24. The van der Waals surface area contributed by atoms with Crippen LogP contribution in [0, 0.1) is 6.92 Å². The van der Waals surface area contributed by atoms with Crippen LogP contribution in [0.15, 0.2) is 5.38 Å². The Bertz CT molecular complexity index is 518. The summed E-state index contributed by atoms with van der Waals surface area (Å²) >= 11 is 1.75. The van der Waals surface area contributed by atoms with Crippen molar-refractivity contribution in [3.8, 4) is 0 Å². The lowest BCUT2D eigenvalue weighted by Gasteiger charge is -2.40.